The van der Waals surface area contributed by atoms with Crippen LogP contribution in [0.1, 0.15) is 19.4 Å². The number of carbonyl (C=O) groups is 1. The Labute approximate surface area is 106 Å². The average Bonchev–Trinajstić information content (AvgIpc) is 2.59. The van der Waals surface area contributed by atoms with Gasteiger partial charge in [0.25, 0.3) is 0 Å². The fourth-order valence-electron chi connectivity index (χ4n) is 2.22. The van der Waals surface area contributed by atoms with Crippen molar-refractivity contribution in [1.82, 2.24) is 0 Å². The molecule has 1 aromatic carbocycles. The number of hydrogen-bond acceptors (Lipinski definition) is 2. The number of ether oxygens (including phenoxy) is 1. The van der Waals surface area contributed by atoms with Gasteiger partial charge in [0.2, 0.25) is 0 Å². The summed E-state index contributed by atoms with van der Waals surface area (Å²) in [5.41, 5.74) is 1.36. The summed E-state index contributed by atoms with van der Waals surface area (Å²) in [6.07, 6.45) is 1.35. The Bertz CT molecular complexity index is 494. The van der Waals surface area contributed by atoms with Gasteiger partial charge in [0.1, 0.15) is 11.4 Å². The van der Waals surface area contributed by atoms with Crippen LogP contribution in [0.5, 0.6) is 5.75 Å². The second kappa shape index (κ2) is 4.37. The van der Waals surface area contributed by atoms with E-state index in [4.69, 9.17) is 4.74 Å². The van der Waals surface area contributed by atoms with Gasteiger partial charge in [0, 0.05) is 18.5 Å². The number of nitrogens with zero attached hydrogens (tertiary/aromatic N) is 1. The van der Waals surface area contributed by atoms with E-state index in [2.05, 4.69) is 6.58 Å². The smallest absolute Gasteiger partial charge is 0.412 e. The van der Waals surface area contributed by atoms with Crippen molar-refractivity contribution in [3.05, 3.63) is 36.4 Å². The van der Waals surface area contributed by atoms with E-state index < -0.39 is 6.09 Å². The Kier molecular flexibility index (Phi) is 3.03. The lowest BCUT2D eigenvalue weighted by Gasteiger charge is -2.22. The number of hydrogen-bond donors (Lipinski definition) is 1. The third kappa shape index (κ3) is 2.18. The highest BCUT2D eigenvalue weighted by Gasteiger charge is 2.33. The van der Waals surface area contributed by atoms with Crippen LogP contribution in [0.3, 0.4) is 0 Å². The zero-order chi connectivity index (χ0) is 13.3. The number of fused-ring (bicyclic) bond motifs is 1. The lowest BCUT2D eigenvalue weighted by atomic mass is 10.0. The molecule has 0 unspecified atom stereocenters. The van der Waals surface area contributed by atoms with Gasteiger partial charge >= 0.3 is 6.09 Å². The maximum atomic E-state index is 11.3. The van der Waals surface area contributed by atoms with Gasteiger partial charge in [0.15, 0.2) is 0 Å². The number of benzene rings is 1. The first-order valence-electron chi connectivity index (χ1n) is 5.87. The molecule has 0 fully saturated rings. The van der Waals surface area contributed by atoms with Gasteiger partial charge in [0.05, 0.1) is 5.69 Å². The molecule has 0 saturated heterocycles. The molecular formula is C14H17NO3. The summed E-state index contributed by atoms with van der Waals surface area (Å²) >= 11 is 0. The van der Waals surface area contributed by atoms with Crippen LogP contribution in [0.2, 0.25) is 0 Å². The monoisotopic (exact) mass is 247 g/mol. The predicted molar refractivity (Wildman–Crippen MR) is 70.4 cm³/mol. The number of rotatable bonds is 3. The van der Waals surface area contributed by atoms with Crippen molar-refractivity contribution < 1.29 is 14.6 Å². The summed E-state index contributed by atoms with van der Waals surface area (Å²) in [5, 5.41) is 9.24. The molecule has 1 N–H and O–H groups in total. The number of para-hydroxylation sites is 1. The van der Waals surface area contributed by atoms with Crippen LogP contribution in [-0.2, 0) is 6.42 Å². The molecule has 0 aliphatic carbocycles. The fraction of sp³-hybridized carbons (Fsp3) is 0.357. The fourth-order valence-corrected chi connectivity index (χ4v) is 2.22. The third-order valence-corrected chi connectivity index (χ3v) is 2.90. The van der Waals surface area contributed by atoms with E-state index in [1.54, 1.807) is 12.1 Å². The summed E-state index contributed by atoms with van der Waals surface area (Å²) in [4.78, 5) is 12.5. The largest absolute Gasteiger partial charge is 0.485 e. The van der Waals surface area contributed by atoms with E-state index in [1.807, 2.05) is 26.0 Å². The third-order valence-electron chi connectivity index (χ3n) is 2.90. The van der Waals surface area contributed by atoms with Gasteiger partial charge in [-0.2, -0.15) is 0 Å². The Morgan fingerprint density at radius 1 is 1.61 bits per heavy atom. The van der Waals surface area contributed by atoms with Gasteiger partial charge in [-0.15, -0.1) is 6.58 Å². The molecule has 1 heterocycles. The second-order valence-corrected chi connectivity index (χ2v) is 4.99. The molecule has 1 aliphatic heterocycles. The van der Waals surface area contributed by atoms with Crippen molar-refractivity contribution in [3.63, 3.8) is 0 Å². The van der Waals surface area contributed by atoms with Crippen LogP contribution in [0.25, 0.3) is 0 Å². The minimum atomic E-state index is -1.00. The molecule has 96 valence electrons. The highest BCUT2D eigenvalue weighted by Crippen LogP contribution is 2.42. The van der Waals surface area contributed by atoms with Gasteiger partial charge in [-0.3, -0.25) is 4.90 Å². The molecule has 1 aliphatic rings. The van der Waals surface area contributed by atoms with Crippen molar-refractivity contribution in [3.8, 4) is 5.75 Å². The maximum absolute atomic E-state index is 11.3. The van der Waals surface area contributed by atoms with Crippen LogP contribution in [0.4, 0.5) is 10.5 Å². The zero-order valence-corrected chi connectivity index (χ0v) is 10.6. The molecule has 4 nitrogen and oxygen atoms in total. The van der Waals surface area contributed by atoms with Crippen LogP contribution in [0, 0.1) is 0 Å². The van der Waals surface area contributed by atoms with E-state index >= 15 is 0 Å². The summed E-state index contributed by atoms with van der Waals surface area (Å²) < 4.78 is 5.86. The SMILES string of the molecule is C=CCN(C(=O)O)c1cccc2c1OC(C)(C)C2. The first kappa shape index (κ1) is 12.5. The Balaban J connectivity index is 2.44. The second-order valence-electron chi connectivity index (χ2n) is 4.99. The highest BCUT2D eigenvalue weighted by atomic mass is 16.5. The van der Waals surface area contributed by atoms with E-state index in [0.717, 1.165) is 12.0 Å². The average molecular weight is 247 g/mol. The normalized spacial score (nSPS) is 15.7. The summed E-state index contributed by atoms with van der Waals surface area (Å²) in [6.45, 7) is 7.82. The van der Waals surface area contributed by atoms with Crippen molar-refractivity contribution in [2.45, 2.75) is 25.9 Å². The van der Waals surface area contributed by atoms with Gasteiger partial charge in [-0.05, 0) is 19.9 Å². The van der Waals surface area contributed by atoms with Crippen molar-refractivity contribution >= 4 is 11.8 Å². The Morgan fingerprint density at radius 3 is 2.94 bits per heavy atom. The number of amides is 1. The van der Waals surface area contributed by atoms with Crippen LogP contribution < -0.4 is 9.64 Å². The molecule has 0 atom stereocenters. The van der Waals surface area contributed by atoms with E-state index in [-0.39, 0.29) is 12.1 Å². The molecule has 0 bridgehead atoms. The first-order valence-corrected chi connectivity index (χ1v) is 5.87. The Hall–Kier alpha value is -1.97. The highest BCUT2D eigenvalue weighted by molar-refractivity contribution is 5.89. The molecule has 1 amide bonds. The molecule has 0 saturated carbocycles. The van der Waals surface area contributed by atoms with Crippen molar-refractivity contribution in [2.75, 3.05) is 11.4 Å². The standard InChI is InChI=1S/C14H17NO3/c1-4-8-15(13(16)17)11-7-5-6-10-9-14(2,3)18-12(10)11/h4-7H,1,8-9H2,2-3H3,(H,16,17). The molecule has 0 aromatic heterocycles. The number of anilines is 1. The molecule has 4 heteroatoms. The molecule has 0 radical (unpaired) electrons. The molecule has 18 heavy (non-hydrogen) atoms. The molecule has 1 aromatic rings. The summed E-state index contributed by atoms with van der Waals surface area (Å²) in [5.74, 6) is 0.673. The van der Waals surface area contributed by atoms with Gasteiger partial charge in [-0.25, -0.2) is 4.79 Å². The topological polar surface area (TPSA) is 49.8 Å². The summed E-state index contributed by atoms with van der Waals surface area (Å²) in [6, 6.07) is 5.59. The van der Waals surface area contributed by atoms with E-state index in [1.165, 1.54) is 4.90 Å². The van der Waals surface area contributed by atoms with E-state index in [9.17, 15) is 9.90 Å². The Morgan fingerprint density at radius 2 is 2.33 bits per heavy atom. The van der Waals surface area contributed by atoms with E-state index in [0.29, 0.717) is 11.4 Å². The number of carboxylic acid groups (broad SMARTS) is 1. The van der Waals surface area contributed by atoms with Gasteiger partial charge < -0.3 is 9.84 Å². The maximum Gasteiger partial charge on any atom is 0.412 e. The minimum absolute atomic E-state index is 0.246. The van der Waals surface area contributed by atoms with Crippen molar-refractivity contribution in [1.29, 1.82) is 0 Å². The first-order chi connectivity index (χ1) is 8.44. The molecule has 2 rings (SSSR count). The van der Waals surface area contributed by atoms with Crippen molar-refractivity contribution in [2.24, 2.45) is 0 Å². The lowest BCUT2D eigenvalue weighted by molar-refractivity contribution is 0.138. The van der Waals surface area contributed by atoms with Gasteiger partial charge in [-0.1, -0.05) is 18.2 Å². The lowest BCUT2D eigenvalue weighted by Crippen LogP contribution is -2.30. The predicted octanol–water partition coefficient (Wildman–Crippen LogP) is 3.07. The zero-order valence-electron chi connectivity index (χ0n) is 10.6. The molecule has 0 spiro atoms. The summed E-state index contributed by atoms with van der Waals surface area (Å²) in [7, 11) is 0. The van der Waals surface area contributed by atoms with Crippen LogP contribution in [0.15, 0.2) is 30.9 Å². The van der Waals surface area contributed by atoms with Crippen LogP contribution >= 0.6 is 0 Å². The quantitative estimate of drug-likeness (QED) is 0.835. The van der Waals surface area contributed by atoms with Crippen LogP contribution in [-0.4, -0.2) is 23.3 Å². The minimum Gasteiger partial charge on any atom is -0.485 e. The molecular weight excluding hydrogens is 230 g/mol.